The summed E-state index contributed by atoms with van der Waals surface area (Å²) in [5.41, 5.74) is 0.877. The van der Waals surface area contributed by atoms with Gasteiger partial charge >= 0.3 is 17.9 Å². The summed E-state index contributed by atoms with van der Waals surface area (Å²) in [6.45, 7) is 1.78. The van der Waals surface area contributed by atoms with E-state index in [0.717, 1.165) is 5.56 Å². The molecule has 3 aromatic rings. The van der Waals surface area contributed by atoms with Crippen LogP contribution in [-0.4, -0.2) is 32.1 Å². The molecule has 0 spiro atoms. The Labute approximate surface area is 161 Å². The zero-order valence-electron chi connectivity index (χ0n) is 15.6. The first kappa shape index (κ1) is 19.1. The molecule has 3 rings (SSSR count). The number of ether oxygens (including phenoxy) is 3. The predicted octanol–water partition coefficient (Wildman–Crippen LogP) is 3.94. The van der Waals surface area contributed by atoms with Crippen molar-refractivity contribution in [3.63, 3.8) is 0 Å². The standard InChI is InChI=1S/C22H18O6/c1-13-8-4-6-10-15(13)21(24)28-19-16-11-7-5-9-14(16)12-17(20(23)26-2)18(19)22(25)27-3/h4-12H,1-3H3. The van der Waals surface area contributed by atoms with E-state index < -0.39 is 17.9 Å². The Kier molecular flexibility index (Phi) is 5.40. The number of esters is 3. The van der Waals surface area contributed by atoms with Gasteiger partial charge in [-0.25, -0.2) is 14.4 Å². The fourth-order valence-electron chi connectivity index (χ4n) is 2.95. The number of carbonyl (C=O) groups excluding carboxylic acids is 3. The van der Waals surface area contributed by atoms with Crippen LogP contribution in [0.2, 0.25) is 0 Å². The van der Waals surface area contributed by atoms with E-state index >= 15 is 0 Å². The van der Waals surface area contributed by atoms with E-state index in [1.54, 1.807) is 55.5 Å². The van der Waals surface area contributed by atoms with Crippen molar-refractivity contribution < 1.29 is 28.6 Å². The molecule has 28 heavy (non-hydrogen) atoms. The Bertz CT molecular complexity index is 1080. The molecule has 0 saturated heterocycles. The van der Waals surface area contributed by atoms with Gasteiger partial charge in [0.1, 0.15) is 5.56 Å². The fraction of sp³-hybridized carbons (Fsp3) is 0.136. The minimum atomic E-state index is -0.807. The highest BCUT2D eigenvalue weighted by Crippen LogP contribution is 2.34. The number of hydrogen-bond acceptors (Lipinski definition) is 6. The molecule has 6 nitrogen and oxygen atoms in total. The second-order valence-corrected chi connectivity index (χ2v) is 6.04. The highest BCUT2D eigenvalue weighted by molar-refractivity contribution is 6.12. The molecule has 0 unspecified atom stereocenters. The minimum Gasteiger partial charge on any atom is -0.465 e. The quantitative estimate of drug-likeness (QED) is 0.505. The van der Waals surface area contributed by atoms with E-state index in [0.29, 0.717) is 16.3 Å². The van der Waals surface area contributed by atoms with Gasteiger partial charge in [0, 0.05) is 5.39 Å². The lowest BCUT2D eigenvalue weighted by Gasteiger charge is -2.16. The lowest BCUT2D eigenvalue weighted by molar-refractivity contribution is 0.0548. The number of fused-ring (bicyclic) bond motifs is 1. The molecular weight excluding hydrogens is 360 g/mol. The van der Waals surface area contributed by atoms with E-state index in [1.165, 1.54) is 20.3 Å². The molecule has 0 heterocycles. The van der Waals surface area contributed by atoms with Gasteiger partial charge < -0.3 is 14.2 Å². The predicted molar refractivity (Wildman–Crippen MR) is 103 cm³/mol. The van der Waals surface area contributed by atoms with Gasteiger partial charge in [0.15, 0.2) is 5.75 Å². The normalized spacial score (nSPS) is 10.4. The SMILES string of the molecule is COC(=O)c1cc2ccccc2c(OC(=O)c2ccccc2C)c1C(=O)OC. The summed E-state index contributed by atoms with van der Waals surface area (Å²) in [6.07, 6.45) is 0. The lowest BCUT2D eigenvalue weighted by Crippen LogP contribution is -2.17. The molecular formula is C22H18O6. The van der Waals surface area contributed by atoms with Gasteiger partial charge in [-0.2, -0.15) is 0 Å². The van der Waals surface area contributed by atoms with Crippen LogP contribution in [0.5, 0.6) is 5.75 Å². The Morgan fingerprint density at radius 2 is 1.39 bits per heavy atom. The molecule has 0 fully saturated rings. The first-order valence-electron chi connectivity index (χ1n) is 8.48. The topological polar surface area (TPSA) is 78.9 Å². The third kappa shape index (κ3) is 3.44. The molecule has 0 aliphatic rings. The smallest absolute Gasteiger partial charge is 0.343 e. The van der Waals surface area contributed by atoms with Gasteiger partial charge in [0.05, 0.1) is 25.3 Å². The minimum absolute atomic E-state index is 0.0411. The highest BCUT2D eigenvalue weighted by atomic mass is 16.5. The summed E-state index contributed by atoms with van der Waals surface area (Å²) in [6, 6.07) is 15.4. The first-order chi connectivity index (χ1) is 13.5. The molecule has 0 saturated carbocycles. The van der Waals surface area contributed by atoms with Gasteiger partial charge in [-0.05, 0) is 30.0 Å². The summed E-state index contributed by atoms with van der Waals surface area (Å²) < 4.78 is 15.3. The molecule has 0 aromatic heterocycles. The van der Waals surface area contributed by atoms with Gasteiger partial charge in [0.2, 0.25) is 0 Å². The van der Waals surface area contributed by atoms with Crippen LogP contribution in [-0.2, 0) is 9.47 Å². The molecule has 3 aromatic carbocycles. The van der Waals surface area contributed by atoms with Crippen LogP contribution in [0.15, 0.2) is 54.6 Å². The molecule has 0 amide bonds. The Morgan fingerprint density at radius 3 is 2.07 bits per heavy atom. The van der Waals surface area contributed by atoms with Crippen molar-refractivity contribution >= 4 is 28.7 Å². The zero-order valence-corrected chi connectivity index (χ0v) is 15.6. The van der Waals surface area contributed by atoms with Crippen molar-refractivity contribution in [2.24, 2.45) is 0 Å². The number of carbonyl (C=O) groups is 3. The number of aryl methyl sites for hydroxylation is 1. The van der Waals surface area contributed by atoms with E-state index in [2.05, 4.69) is 0 Å². The Hall–Kier alpha value is -3.67. The van der Waals surface area contributed by atoms with E-state index in [9.17, 15) is 14.4 Å². The van der Waals surface area contributed by atoms with Crippen molar-refractivity contribution in [1.82, 2.24) is 0 Å². The van der Waals surface area contributed by atoms with E-state index in [-0.39, 0.29) is 16.9 Å². The van der Waals surface area contributed by atoms with Gasteiger partial charge in [-0.3, -0.25) is 0 Å². The molecule has 142 valence electrons. The number of hydrogen-bond donors (Lipinski definition) is 0. The maximum Gasteiger partial charge on any atom is 0.343 e. The molecule has 0 aliphatic carbocycles. The van der Waals surface area contributed by atoms with Crippen LogP contribution in [0.1, 0.15) is 36.6 Å². The van der Waals surface area contributed by atoms with Gasteiger partial charge in [-0.15, -0.1) is 0 Å². The summed E-state index contributed by atoms with van der Waals surface area (Å²) >= 11 is 0. The second kappa shape index (κ2) is 7.92. The monoisotopic (exact) mass is 378 g/mol. The summed E-state index contributed by atoms with van der Waals surface area (Å²) in [5.74, 6) is -2.23. The maximum absolute atomic E-state index is 12.8. The summed E-state index contributed by atoms with van der Waals surface area (Å²) in [5, 5.41) is 1.11. The fourth-order valence-corrected chi connectivity index (χ4v) is 2.95. The third-order valence-electron chi connectivity index (χ3n) is 4.36. The van der Waals surface area contributed by atoms with Crippen LogP contribution in [0.4, 0.5) is 0 Å². The van der Waals surface area contributed by atoms with Crippen molar-refractivity contribution in [1.29, 1.82) is 0 Å². The maximum atomic E-state index is 12.8. The molecule has 0 aliphatic heterocycles. The van der Waals surface area contributed by atoms with Crippen molar-refractivity contribution in [3.8, 4) is 5.75 Å². The zero-order chi connectivity index (χ0) is 20.3. The first-order valence-corrected chi connectivity index (χ1v) is 8.48. The molecule has 0 N–H and O–H groups in total. The van der Waals surface area contributed by atoms with Crippen LogP contribution in [0, 0.1) is 6.92 Å². The largest absolute Gasteiger partial charge is 0.465 e. The van der Waals surface area contributed by atoms with Crippen LogP contribution in [0.25, 0.3) is 10.8 Å². The highest BCUT2D eigenvalue weighted by Gasteiger charge is 2.28. The third-order valence-corrected chi connectivity index (χ3v) is 4.36. The molecule has 0 atom stereocenters. The van der Waals surface area contributed by atoms with E-state index in [1.807, 2.05) is 0 Å². The lowest BCUT2D eigenvalue weighted by atomic mass is 9.99. The van der Waals surface area contributed by atoms with Crippen LogP contribution < -0.4 is 4.74 Å². The van der Waals surface area contributed by atoms with E-state index in [4.69, 9.17) is 14.2 Å². The Balaban J connectivity index is 2.26. The molecule has 0 bridgehead atoms. The van der Waals surface area contributed by atoms with Gasteiger partial charge in [-0.1, -0.05) is 42.5 Å². The average Bonchev–Trinajstić information content (AvgIpc) is 2.72. The number of methoxy groups -OCH3 is 2. The Morgan fingerprint density at radius 1 is 0.750 bits per heavy atom. The number of benzene rings is 3. The van der Waals surface area contributed by atoms with Crippen molar-refractivity contribution in [3.05, 3.63) is 76.9 Å². The van der Waals surface area contributed by atoms with Gasteiger partial charge in [0.25, 0.3) is 0 Å². The molecule has 0 radical (unpaired) electrons. The van der Waals surface area contributed by atoms with Crippen molar-refractivity contribution in [2.75, 3.05) is 14.2 Å². The average molecular weight is 378 g/mol. The number of rotatable bonds is 4. The summed E-state index contributed by atoms with van der Waals surface area (Å²) in [7, 11) is 2.39. The van der Waals surface area contributed by atoms with Crippen LogP contribution in [0.3, 0.4) is 0 Å². The second-order valence-electron chi connectivity index (χ2n) is 6.04. The van der Waals surface area contributed by atoms with Crippen LogP contribution >= 0.6 is 0 Å². The molecule has 6 heteroatoms. The van der Waals surface area contributed by atoms with Crippen molar-refractivity contribution in [2.45, 2.75) is 6.92 Å². The summed E-state index contributed by atoms with van der Waals surface area (Å²) in [4.78, 5) is 37.6.